The predicted octanol–water partition coefficient (Wildman–Crippen LogP) is 9.83. The summed E-state index contributed by atoms with van der Waals surface area (Å²) in [5.41, 5.74) is 2.91. The maximum atomic E-state index is 13.0. The van der Waals surface area contributed by atoms with Crippen LogP contribution in [0.2, 0.25) is 0 Å². The first-order valence-corrected chi connectivity index (χ1v) is 14.5. The Bertz CT molecular complexity index is 996. The molecule has 3 heteroatoms. The van der Waals surface area contributed by atoms with E-state index in [4.69, 9.17) is 0 Å². The SMILES string of the molecule is CCCCCCCCCCCCCCCC(CC(=O)Nc1cccc2cccnc12)c1ccccc1. The van der Waals surface area contributed by atoms with Crippen molar-refractivity contribution in [2.24, 2.45) is 0 Å². The number of benzene rings is 2. The van der Waals surface area contributed by atoms with Crippen molar-refractivity contribution in [1.82, 2.24) is 4.98 Å². The number of carbonyl (C=O) groups is 1. The summed E-state index contributed by atoms with van der Waals surface area (Å²) < 4.78 is 0. The lowest BCUT2D eigenvalue weighted by atomic mass is 9.89. The van der Waals surface area contributed by atoms with E-state index in [0.29, 0.717) is 6.42 Å². The van der Waals surface area contributed by atoms with Gasteiger partial charge in [0, 0.05) is 18.0 Å². The van der Waals surface area contributed by atoms with Gasteiger partial charge in [-0.05, 0) is 30.0 Å². The maximum absolute atomic E-state index is 13.0. The molecule has 0 aliphatic carbocycles. The van der Waals surface area contributed by atoms with Crippen LogP contribution in [0.4, 0.5) is 5.69 Å². The molecule has 3 aromatic rings. The van der Waals surface area contributed by atoms with E-state index >= 15 is 0 Å². The fourth-order valence-corrected chi connectivity index (χ4v) is 5.15. The number of nitrogens with zero attached hydrogens (tertiary/aromatic N) is 1. The fourth-order valence-electron chi connectivity index (χ4n) is 5.15. The van der Waals surface area contributed by atoms with Crippen LogP contribution in [0.15, 0.2) is 66.9 Å². The van der Waals surface area contributed by atoms with Gasteiger partial charge in [0.05, 0.1) is 11.2 Å². The van der Waals surface area contributed by atoms with Crippen LogP contribution < -0.4 is 5.32 Å². The average Bonchev–Trinajstić information content (AvgIpc) is 2.91. The minimum absolute atomic E-state index is 0.0664. The quantitative estimate of drug-likeness (QED) is 0.182. The molecule has 1 heterocycles. The molecule has 0 fully saturated rings. The summed E-state index contributed by atoms with van der Waals surface area (Å²) in [6.45, 7) is 2.28. The molecule has 2 aromatic carbocycles. The molecule has 1 amide bonds. The Balaban J connectivity index is 1.38. The van der Waals surface area contributed by atoms with Gasteiger partial charge in [0.2, 0.25) is 5.91 Å². The van der Waals surface area contributed by atoms with Gasteiger partial charge in [-0.1, -0.05) is 139 Å². The van der Waals surface area contributed by atoms with Crippen LogP contribution >= 0.6 is 0 Å². The van der Waals surface area contributed by atoms with Gasteiger partial charge < -0.3 is 5.32 Å². The molecule has 0 radical (unpaired) electrons. The number of rotatable bonds is 18. The number of aromatic nitrogens is 1. The Morgan fingerprint density at radius 2 is 1.33 bits per heavy atom. The summed E-state index contributed by atoms with van der Waals surface area (Å²) in [5, 5.41) is 4.18. The summed E-state index contributed by atoms with van der Waals surface area (Å²) in [6, 6.07) is 20.4. The minimum Gasteiger partial charge on any atom is -0.324 e. The standard InChI is InChI=1S/C33H46N2O/c1-2-3-4-5-6-7-8-9-10-11-12-13-15-22-30(28-20-16-14-17-21-28)27-32(36)35-31-25-18-23-29-24-19-26-34-33(29)31/h14,16-21,23-26,30H,2-13,15,22,27H2,1H3,(H,35,36). The number of carbonyl (C=O) groups excluding carboxylic acids is 1. The third-order valence-corrected chi connectivity index (χ3v) is 7.27. The zero-order valence-electron chi connectivity index (χ0n) is 22.4. The van der Waals surface area contributed by atoms with Gasteiger partial charge >= 0.3 is 0 Å². The third kappa shape index (κ3) is 10.1. The highest BCUT2D eigenvalue weighted by Crippen LogP contribution is 2.28. The van der Waals surface area contributed by atoms with Crippen molar-refractivity contribution in [3.8, 4) is 0 Å². The van der Waals surface area contributed by atoms with Gasteiger partial charge in [0.25, 0.3) is 0 Å². The van der Waals surface area contributed by atoms with Crippen LogP contribution in [-0.2, 0) is 4.79 Å². The Morgan fingerprint density at radius 3 is 2.00 bits per heavy atom. The molecule has 36 heavy (non-hydrogen) atoms. The lowest BCUT2D eigenvalue weighted by molar-refractivity contribution is -0.116. The molecular weight excluding hydrogens is 440 g/mol. The highest BCUT2D eigenvalue weighted by Gasteiger charge is 2.17. The first-order chi connectivity index (χ1) is 17.8. The van der Waals surface area contributed by atoms with Crippen molar-refractivity contribution in [3.63, 3.8) is 0 Å². The van der Waals surface area contributed by atoms with E-state index in [1.807, 2.05) is 36.4 Å². The number of hydrogen-bond acceptors (Lipinski definition) is 2. The van der Waals surface area contributed by atoms with Crippen LogP contribution in [0.1, 0.15) is 115 Å². The summed E-state index contributed by atoms with van der Waals surface area (Å²) in [6.07, 6.45) is 21.0. The van der Waals surface area contributed by atoms with Crippen molar-refractivity contribution < 1.29 is 4.79 Å². The van der Waals surface area contributed by atoms with Crippen LogP contribution in [0.5, 0.6) is 0 Å². The number of hydrogen-bond donors (Lipinski definition) is 1. The van der Waals surface area contributed by atoms with E-state index in [2.05, 4.69) is 41.5 Å². The zero-order chi connectivity index (χ0) is 25.3. The summed E-state index contributed by atoms with van der Waals surface area (Å²) >= 11 is 0. The van der Waals surface area contributed by atoms with Gasteiger partial charge in [-0.2, -0.15) is 0 Å². The zero-order valence-corrected chi connectivity index (χ0v) is 22.4. The Morgan fingerprint density at radius 1 is 0.722 bits per heavy atom. The highest BCUT2D eigenvalue weighted by molar-refractivity contribution is 6.00. The molecule has 0 aliphatic rings. The Hall–Kier alpha value is -2.68. The summed E-state index contributed by atoms with van der Waals surface area (Å²) in [4.78, 5) is 17.5. The van der Waals surface area contributed by atoms with Crippen LogP contribution in [-0.4, -0.2) is 10.9 Å². The molecule has 194 valence electrons. The Labute approximate surface area is 219 Å². The largest absolute Gasteiger partial charge is 0.324 e. The first kappa shape index (κ1) is 27.9. The number of pyridine rings is 1. The molecule has 3 nitrogen and oxygen atoms in total. The van der Waals surface area contributed by atoms with Crippen molar-refractivity contribution in [2.45, 2.75) is 109 Å². The van der Waals surface area contributed by atoms with E-state index in [9.17, 15) is 4.79 Å². The third-order valence-electron chi connectivity index (χ3n) is 7.27. The van der Waals surface area contributed by atoms with Crippen LogP contribution in [0.3, 0.4) is 0 Å². The smallest absolute Gasteiger partial charge is 0.225 e. The fraction of sp³-hybridized carbons (Fsp3) is 0.515. The number of nitrogens with one attached hydrogen (secondary N) is 1. The molecule has 1 N–H and O–H groups in total. The first-order valence-electron chi connectivity index (χ1n) is 14.5. The van der Waals surface area contributed by atoms with E-state index in [-0.39, 0.29) is 11.8 Å². The number of anilines is 1. The molecule has 0 bridgehead atoms. The number of unbranched alkanes of at least 4 members (excludes halogenated alkanes) is 12. The highest BCUT2D eigenvalue weighted by atomic mass is 16.1. The second-order valence-electron chi connectivity index (χ2n) is 10.3. The van der Waals surface area contributed by atoms with Crippen molar-refractivity contribution in [3.05, 3.63) is 72.4 Å². The van der Waals surface area contributed by atoms with E-state index in [1.54, 1.807) is 6.20 Å². The van der Waals surface area contributed by atoms with Gasteiger partial charge in [-0.15, -0.1) is 0 Å². The Kier molecular flexibility index (Phi) is 13.1. The molecule has 3 rings (SSSR count). The van der Waals surface area contributed by atoms with E-state index in [0.717, 1.165) is 23.0 Å². The second kappa shape index (κ2) is 16.9. The van der Waals surface area contributed by atoms with E-state index in [1.165, 1.54) is 89.0 Å². The summed E-state index contributed by atoms with van der Waals surface area (Å²) in [7, 11) is 0. The summed E-state index contributed by atoms with van der Waals surface area (Å²) in [5.74, 6) is 0.318. The molecule has 0 spiro atoms. The second-order valence-corrected chi connectivity index (χ2v) is 10.3. The van der Waals surface area contributed by atoms with Crippen LogP contribution in [0.25, 0.3) is 10.9 Å². The lowest BCUT2D eigenvalue weighted by Crippen LogP contribution is -2.16. The van der Waals surface area contributed by atoms with Gasteiger partial charge in [-0.3, -0.25) is 9.78 Å². The van der Waals surface area contributed by atoms with Gasteiger partial charge in [0.1, 0.15) is 0 Å². The molecule has 1 aromatic heterocycles. The average molecular weight is 487 g/mol. The molecule has 0 aliphatic heterocycles. The predicted molar refractivity (Wildman–Crippen MR) is 154 cm³/mol. The van der Waals surface area contributed by atoms with Gasteiger partial charge in [-0.25, -0.2) is 0 Å². The number of para-hydroxylation sites is 1. The molecule has 0 saturated carbocycles. The van der Waals surface area contributed by atoms with Crippen molar-refractivity contribution in [2.75, 3.05) is 5.32 Å². The van der Waals surface area contributed by atoms with Crippen molar-refractivity contribution >= 4 is 22.5 Å². The van der Waals surface area contributed by atoms with E-state index < -0.39 is 0 Å². The minimum atomic E-state index is 0.0664. The van der Waals surface area contributed by atoms with Crippen molar-refractivity contribution in [1.29, 1.82) is 0 Å². The molecule has 0 saturated heterocycles. The topological polar surface area (TPSA) is 42.0 Å². The van der Waals surface area contributed by atoms with Crippen LogP contribution in [0, 0.1) is 0 Å². The van der Waals surface area contributed by atoms with Gasteiger partial charge in [0.15, 0.2) is 0 Å². The number of amides is 1. The monoisotopic (exact) mass is 486 g/mol. The molecular formula is C33H46N2O. The lowest BCUT2D eigenvalue weighted by Gasteiger charge is -2.18. The maximum Gasteiger partial charge on any atom is 0.225 e. The molecule has 1 unspecified atom stereocenters. The normalized spacial score (nSPS) is 12.0. The number of fused-ring (bicyclic) bond motifs is 1. The molecule has 1 atom stereocenters.